The number of nitrogens with zero attached hydrogens (tertiary/aromatic N) is 3. The van der Waals surface area contributed by atoms with Crippen molar-refractivity contribution in [3.8, 4) is 0 Å². The number of imidazole rings is 1. The molecule has 7 heteroatoms. The minimum absolute atomic E-state index is 0.0115. The molecule has 4 rings (SSSR count). The summed E-state index contributed by atoms with van der Waals surface area (Å²) in [6, 6.07) is 2.34. The predicted octanol–water partition coefficient (Wildman–Crippen LogP) is 5.13. The summed E-state index contributed by atoms with van der Waals surface area (Å²) >= 11 is 0. The molecule has 29 heavy (non-hydrogen) atoms. The molecule has 1 aliphatic carbocycles. The van der Waals surface area contributed by atoms with Crippen LogP contribution in [-0.4, -0.2) is 39.2 Å². The van der Waals surface area contributed by atoms with Gasteiger partial charge in [0.15, 0.2) is 11.6 Å². The Bertz CT molecular complexity index is 951. The number of hydrogen-bond acceptors (Lipinski definition) is 3. The summed E-state index contributed by atoms with van der Waals surface area (Å²) in [5.74, 6) is -1.76. The van der Waals surface area contributed by atoms with Crippen molar-refractivity contribution < 1.29 is 18.3 Å². The molecule has 0 unspecified atom stereocenters. The molecule has 0 radical (unpaired) electrons. The molecule has 5 nitrogen and oxygen atoms in total. The molecule has 1 aliphatic heterocycles. The molecule has 2 heterocycles. The summed E-state index contributed by atoms with van der Waals surface area (Å²) in [6.45, 7) is 10.4. The van der Waals surface area contributed by atoms with Crippen LogP contribution in [0.25, 0.3) is 11.0 Å². The molecule has 158 valence electrons. The summed E-state index contributed by atoms with van der Waals surface area (Å²) in [6.07, 6.45) is 4.96. The maximum absolute atomic E-state index is 13.8. The third-order valence-electron chi connectivity index (χ3n) is 6.08. The second kappa shape index (κ2) is 6.67. The van der Waals surface area contributed by atoms with Crippen molar-refractivity contribution in [2.45, 2.75) is 65.5 Å². The number of carbonyl (C=O) groups is 1. The van der Waals surface area contributed by atoms with Crippen molar-refractivity contribution in [3.05, 3.63) is 30.1 Å². The highest BCUT2D eigenvalue weighted by Crippen LogP contribution is 2.47. The zero-order chi connectivity index (χ0) is 21.0. The van der Waals surface area contributed by atoms with Gasteiger partial charge < -0.3 is 14.2 Å². The number of hydrogen-bond donors (Lipinski definition) is 0. The number of halogens is 2. The average Bonchev–Trinajstić information content (AvgIpc) is 3.07. The molecular formula is C22H29F2N3O2. The van der Waals surface area contributed by atoms with Crippen LogP contribution in [0.2, 0.25) is 0 Å². The molecule has 2 atom stereocenters. The molecule has 1 amide bonds. The first-order valence-electron chi connectivity index (χ1n) is 10.3. The van der Waals surface area contributed by atoms with E-state index in [0.29, 0.717) is 30.7 Å². The fourth-order valence-corrected chi connectivity index (χ4v) is 5.13. The van der Waals surface area contributed by atoms with E-state index >= 15 is 0 Å². The van der Waals surface area contributed by atoms with Crippen LogP contribution in [0.5, 0.6) is 0 Å². The molecular weight excluding hydrogens is 376 g/mol. The normalized spacial score (nSPS) is 27.8. The van der Waals surface area contributed by atoms with E-state index in [9.17, 15) is 13.6 Å². The maximum Gasteiger partial charge on any atom is 0.410 e. The van der Waals surface area contributed by atoms with E-state index in [-0.39, 0.29) is 16.9 Å². The van der Waals surface area contributed by atoms with Gasteiger partial charge >= 0.3 is 6.09 Å². The molecule has 1 saturated carbocycles. The Morgan fingerprint density at radius 2 is 1.93 bits per heavy atom. The molecule has 2 aliphatic rings. The lowest BCUT2D eigenvalue weighted by Gasteiger charge is -2.43. The van der Waals surface area contributed by atoms with Crippen LogP contribution in [0.4, 0.5) is 13.6 Å². The van der Waals surface area contributed by atoms with Crippen LogP contribution in [0.15, 0.2) is 18.5 Å². The Morgan fingerprint density at radius 3 is 2.66 bits per heavy atom. The van der Waals surface area contributed by atoms with Gasteiger partial charge in [-0.05, 0) is 36.5 Å². The Balaban J connectivity index is 1.55. The number of benzene rings is 1. The largest absolute Gasteiger partial charge is 0.441 e. The number of aromatic nitrogens is 2. The van der Waals surface area contributed by atoms with Crippen molar-refractivity contribution in [2.24, 2.45) is 10.8 Å². The van der Waals surface area contributed by atoms with E-state index in [1.54, 1.807) is 6.33 Å². The van der Waals surface area contributed by atoms with Crippen molar-refractivity contribution in [1.82, 2.24) is 14.5 Å². The first kappa shape index (κ1) is 20.1. The highest BCUT2D eigenvalue weighted by atomic mass is 19.2. The molecule has 0 bridgehead atoms. The molecule has 1 aromatic carbocycles. The van der Waals surface area contributed by atoms with Gasteiger partial charge in [0, 0.05) is 25.2 Å². The van der Waals surface area contributed by atoms with Gasteiger partial charge in [0.05, 0.1) is 23.9 Å². The van der Waals surface area contributed by atoms with Crippen LogP contribution in [0.1, 0.15) is 53.4 Å². The number of fused-ring (bicyclic) bond motifs is 1. The smallest absolute Gasteiger partial charge is 0.410 e. The lowest BCUT2D eigenvalue weighted by atomic mass is 9.68. The Kier molecular flexibility index (Phi) is 4.63. The molecule has 1 aromatic heterocycles. The summed E-state index contributed by atoms with van der Waals surface area (Å²) < 4.78 is 35.1. The Hall–Kier alpha value is -2.18. The second-order valence-corrected chi connectivity index (χ2v) is 10.4. The zero-order valence-corrected chi connectivity index (χ0v) is 17.6. The molecule has 2 fully saturated rings. The molecule has 2 aromatic rings. The van der Waals surface area contributed by atoms with Gasteiger partial charge in [-0.3, -0.25) is 0 Å². The van der Waals surface area contributed by atoms with Crippen molar-refractivity contribution in [3.63, 3.8) is 0 Å². The summed E-state index contributed by atoms with van der Waals surface area (Å²) in [4.78, 5) is 18.6. The van der Waals surface area contributed by atoms with Gasteiger partial charge in [-0.2, -0.15) is 0 Å². The first-order chi connectivity index (χ1) is 13.5. The van der Waals surface area contributed by atoms with Gasteiger partial charge in [0.25, 0.3) is 0 Å². The van der Waals surface area contributed by atoms with E-state index in [4.69, 9.17) is 4.74 Å². The van der Waals surface area contributed by atoms with Gasteiger partial charge in [-0.1, -0.05) is 27.7 Å². The maximum atomic E-state index is 13.8. The van der Waals surface area contributed by atoms with Crippen molar-refractivity contribution >= 4 is 17.1 Å². The molecule has 1 spiro atoms. The molecule has 0 N–H and O–H groups in total. The zero-order valence-electron chi connectivity index (χ0n) is 17.6. The van der Waals surface area contributed by atoms with Crippen molar-refractivity contribution in [2.75, 3.05) is 13.1 Å². The minimum atomic E-state index is -0.887. The van der Waals surface area contributed by atoms with Gasteiger partial charge in [-0.25, -0.2) is 18.6 Å². The summed E-state index contributed by atoms with van der Waals surface area (Å²) in [7, 11) is 0. The quantitative estimate of drug-likeness (QED) is 0.711. The Labute approximate surface area is 170 Å². The topological polar surface area (TPSA) is 47.4 Å². The van der Waals surface area contributed by atoms with Gasteiger partial charge in [0.1, 0.15) is 5.60 Å². The highest BCUT2D eigenvalue weighted by Gasteiger charge is 2.51. The van der Waals surface area contributed by atoms with E-state index in [0.717, 1.165) is 31.7 Å². The van der Waals surface area contributed by atoms with E-state index in [1.165, 1.54) is 6.07 Å². The standard InChI is InChI=1S/C22H29F2N3O2/c1-20(2,3)11-26-13-22(29-19(26)28)7-5-6-21(4,10-22)12-27-14-25-17-8-15(23)16(24)9-18(17)27/h8-9,14H,5-7,10-13H2,1-4H3/t21-,22-/m0/s1. The summed E-state index contributed by atoms with van der Waals surface area (Å²) in [5, 5.41) is 0. The van der Waals surface area contributed by atoms with Crippen LogP contribution < -0.4 is 0 Å². The number of carbonyl (C=O) groups excluding carboxylic acids is 1. The van der Waals surface area contributed by atoms with Crippen LogP contribution >= 0.6 is 0 Å². The third kappa shape index (κ3) is 3.96. The van der Waals surface area contributed by atoms with Gasteiger partial charge in [0.2, 0.25) is 0 Å². The fraction of sp³-hybridized carbons (Fsp3) is 0.636. The van der Waals surface area contributed by atoms with Crippen molar-refractivity contribution in [1.29, 1.82) is 0 Å². The Morgan fingerprint density at radius 1 is 1.21 bits per heavy atom. The van der Waals surface area contributed by atoms with Crippen LogP contribution in [0, 0.1) is 22.5 Å². The van der Waals surface area contributed by atoms with Crippen LogP contribution in [0.3, 0.4) is 0 Å². The summed E-state index contributed by atoms with van der Waals surface area (Å²) in [5.41, 5.74) is 0.444. The number of amides is 1. The number of ether oxygens (including phenoxy) is 1. The van der Waals surface area contributed by atoms with E-state index < -0.39 is 17.2 Å². The SMILES string of the molecule is CC(C)(C)CN1C[C@@]2(CCC[C@](C)(Cn3cnc4cc(F)c(F)cc43)C2)OC1=O. The fourth-order valence-electron chi connectivity index (χ4n) is 5.13. The number of rotatable bonds is 3. The predicted molar refractivity (Wildman–Crippen MR) is 106 cm³/mol. The lowest BCUT2D eigenvalue weighted by Crippen LogP contribution is -2.45. The monoisotopic (exact) mass is 405 g/mol. The third-order valence-corrected chi connectivity index (χ3v) is 6.08. The second-order valence-electron chi connectivity index (χ2n) is 10.4. The lowest BCUT2D eigenvalue weighted by molar-refractivity contribution is -0.0270. The van der Waals surface area contributed by atoms with E-state index in [1.807, 2.05) is 9.47 Å². The van der Waals surface area contributed by atoms with Gasteiger partial charge in [-0.15, -0.1) is 0 Å². The van der Waals surface area contributed by atoms with E-state index in [2.05, 4.69) is 32.7 Å². The van der Waals surface area contributed by atoms with Crippen LogP contribution in [-0.2, 0) is 11.3 Å². The minimum Gasteiger partial charge on any atom is -0.441 e. The first-order valence-corrected chi connectivity index (χ1v) is 10.3. The highest BCUT2D eigenvalue weighted by molar-refractivity contribution is 5.75. The molecule has 1 saturated heterocycles. The average molecular weight is 405 g/mol.